The number of aryl methyl sites for hydroxylation is 2. The van der Waals surface area contributed by atoms with Crippen LogP contribution in [-0.4, -0.2) is 13.1 Å². The molecule has 0 radical (unpaired) electrons. The van der Waals surface area contributed by atoms with Gasteiger partial charge in [-0.05, 0) is 54.7 Å². The predicted molar refractivity (Wildman–Crippen MR) is 83.9 cm³/mol. The summed E-state index contributed by atoms with van der Waals surface area (Å²) >= 11 is 0. The van der Waals surface area contributed by atoms with E-state index < -0.39 is 5.97 Å². The summed E-state index contributed by atoms with van der Waals surface area (Å²) in [5.74, 6) is -0.426. The monoisotopic (exact) mass is 282 g/mol. The van der Waals surface area contributed by atoms with Crippen molar-refractivity contribution in [3.05, 3.63) is 53.1 Å². The highest BCUT2D eigenvalue weighted by molar-refractivity contribution is 5.98. The van der Waals surface area contributed by atoms with Crippen molar-refractivity contribution in [3.63, 3.8) is 0 Å². The Hall–Kier alpha value is -2.49. The molecule has 4 heteroatoms. The molecular formula is C17H18N2O2. The van der Waals surface area contributed by atoms with Gasteiger partial charge in [-0.2, -0.15) is 0 Å². The number of rotatable bonds is 3. The zero-order valence-electron chi connectivity index (χ0n) is 12.0. The molecule has 0 heterocycles. The number of benzene rings is 2. The summed E-state index contributed by atoms with van der Waals surface area (Å²) in [5, 5.41) is 3.29. The van der Waals surface area contributed by atoms with Crippen LogP contribution in [-0.2, 0) is 17.6 Å². The fourth-order valence-electron chi connectivity index (χ4n) is 2.77. The van der Waals surface area contributed by atoms with Crippen LogP contribution in [0.5, 0.6) is 0 Å². The second-order valence-corrected chi connectivity index (χ2v) is 5.22. The fourth-order valence-corrected chi connectivity index (χ4v) is 2.77. The third kappa shape index (κ3) is 2.57. The number of nitrogens with two attached hydrogens (primary N) is 1. The lowest BCUT2D eigenvalue weighted by Gasteiger charge is -2.13. The highest BCUT2D eigenvalue weighted by atomic mass is 16.5. The number of hydrogen-bond donors (Lipinski definition) is 2. The Balaban J connectivity index is 1.90. The van der Waals surface area contributed by atoms with Crippen LogP contribution in [0.2, 0.25) is 0 Å². The van der Waals surface area contributed by atoms with Crippen molar-refractivity contribution in [2.75, 3.05) is 18.2 Å². The number of methoxy groups -OCH3 is 1. The molecule has 2 aromatic carbocycles. The Bertz CT molecular complexity index is 695. The summed E-state index contributed by atoms with van der Waals surface area (Å²) in [7, 11) is 1.35. The summed E-state index contributed by atoms with van der Waals surface area (Å²) in [5.41, 5.74) is 11.4. The SMILES string of the molecule is COC(=O)c1cccc(Nc2ccc3c(c2)CCC3)c1N. The lowest BCUT2D eigenvalue weighted by molar-refractivity contribution is 0.0602. The van der Waals surface area contributed by atoms with Crippen LogP contribution < -0.4 is 11.1 Å². The molecular weight excluding hydrogens is 264 g/mol. The Labute approximate surface area is 123 Å². The zero-order chi connectivity index (χ0) is 14.8. The number of anilines is 3. The molecule has 2 aromatic rings. The molecule has 0 saturated carbocycles. The van der Waals surface area contributed by atoms with E-state index in [1.807, 2.05) is 6.07 Å². The molecule has 3 rings (SSSR count). The number of ether oxygens (including phenoxy) is 1. The largest absolute Gasteiger partial charge is 0.465 e. The van der Waals surface area contributed by atoms with Crippen LogP contribution in [0.15, 0.2) is 36.4 Å². The van der Waals surface area contributed by atoms with Crippen LogP contribution in [0.4, 0.5) is 17.1 Å². The van der Waals surface area contributed by atoms with Crippen molar-refractivity contribution in [3.8, 4) is 0 Å². The first kappa shape index (κ1) is 13.5. The minimum atomic E-state index is -0.426. The van der Waals surface area contributed by atoms with Crippen molar-refractivity contribution < 1.29 is 9.53 Å². The quantitative estimate of drug-likeness (QED) is 0.670. The Morgan fingerprint density at radius 2 is 2.00 bits per heavy atom. The standard InChI is InChI=1S/C17H18N2O2/c1-21-17(20)14-6-3-7-15(16(14)18)19-13-9-8-11-4-2-5-12(11)10-13/h3,6-10,19H,2,4-5,18H2,1H3. The van der Waals surface area contributed by atoms with E-state index in [4.69, 9.17) is 10.5 Å². The molecule has 0 unspecified atom stereocenters. The van der Waals surface area contributed by atoms with E-state index in [2.05, 4.69) is 23.5 Å². The molecule has 0 aliphatic heterocycles. The van der Waals surface area contributed by atoms with Gasteiger partial charge in [0, 0.05) is 5.69 Å². The van der Waals surface area contributed by atoms with Crippen molar-refractivity contribution in [1.29, 1.82) is 0 Å². The van der Waals surface area contributed by atoms with Gasteiger partial charge in [-0.15, -0.1) is 0 Å². The Morgan fingerprint density at radius 3 is 2.81 bits per heavy atom. The Kier molecular flexibility index (Phi) is 3.52. The second-order valence-electron chi connectivity index (χ2n) is 5.22. The van der Waals surface area contributed by atoms with Gasteiger partial charge in [0.05, 0.1) is 24.0 Å². The summed E-state index contributed by atoms with van der Waals surface area (Å²) in [4.78, 5) is 11.7. The molecule has 0 atom stereocenters. The number of carbonyl (C=O) groups is 1. The van der Waals surface area contributed by atoms with Gasteiger partial charge in [-0.25, -0.2) is 4.79 Å². The maximum atomic E-state index is 11.7. The lowest BCUT2D eigenvalue weighted by atomic mass is 10.1. The smallest absolute Gasteiger partial charge is 0.340 e. The molecule has 0 saturated heterocycles. The van der Waals surface area contributed by atoms with Crippen LogP contribution >= 0.6 is 0 Å². The van der Waals surface area contributed by atoms with Crippen molar-refractivity contribution in [2.45, 2.75) is 19.3 Å². The van der Waals surface area contributed by atoms with Gasteiger partial charge in [-0.1, -0.05) is 12.1 Å². The van der Waals surface area contributed by atoms with Crippen LogP contribution in [0.3, 0.4) is 0 Å². The van der Waals surface area contributed by atoms with Crippen molar-refractivity contribution in [1.82, 2.24) is 0 Å². The molecule has 0 spiro atoms. The third-order valence-electron chi connectivity index (χ3n) is 3.89. The number of hydrogen-bond acceptors (Lipinski definition) is 4. The van der Waals surface area contributed by atoms with E-state index in [9.17, 15) is 4.79 Å². The number of fused-ring (bicyclic) bond motifs is 1. The van der Waals surface area contributed by atoms with Gasteiger partial charge in [-0.3, -0.25) is 0 Å². The number of nitrogens with one attached hydrogen (secondary N) is 1. The van der Waals surface area contributed by atoms with Crippen LogP contribution in [0, 0.1) is 0 Å². The molecule has 0 fully saturated rings. The summed E-state index contributed by atoms with van der Waals surface area (Å²) in [6.07, 6.45) is 3.51. The van der Waals surface area contributed by atoms with Crippen LogP contribution in [0.1, 0.15) is 27.9 Å². The molecule has 4 nitrogen and oxygen atoms in total. The van der Waals surface area contributed by atoms with E-state index in [0.29, 0.717) is 11.3 Å². The normalized spacial score (nSPS) is 12.8. The average molecular weight is 282 g/mol. The summed E-state index contributed by atoms with van der Waals surface area (Å²) < 4.78 is 4.74. The van der Waals surface area contributed by atoms with Gasteiger partial charge >= 0.3 is 5.97 Å². The molecule has 0 bridgehead atoms. The van der Waals surface area contributed by atoms with Gasteiger partial charge in [0.1, 0.15) is 0 Å². The predicted octanol–water partition coefficient (Wildman–Crippen LogP) is 3.29. The van der Waals surface area contributed by atoms with E-state index in [0.717, 1.165) is 24.2 Å². The van der Waals surface area contributed by atoms with Gasteiger partial charge < -0.3 is 15.8 Å². The van der Waals surface area contributed by atoms with E-state index in [1.165, 1.54) is 24.7 Å². The minimum absolute atomic E-state index is 0.378. The molecule has 0 amide bonds. The maximum Gasteiger partial charge on any atom is 0.340 e. The Morgan fingerprint density at radius 1 is 1.19 bits per heavy atom. The van der Waals surface area contributed by atoms with Gasteiger partial charge in [0.15, 0.2) is 0 Å². The average Bonchev–Trinajstić information content (AvgIpc) is 2.96. The topological polar surface area (TPSA) is 64.3 Å². The van der Waals surface area contributed by atoms with Crippen LogP contribution in [0.25, 0.3) is 0 Å². The zero-order valence-corrected chi connectivity index (χ0v) is 12.0. The highest BCUT2D eigenvalue weighted by Crippen LogP contribution is 2.30. The highest BCUT2D eigenvalue weighted by Gasteiger charge is 2.14. The maximum absolute atomic E-state index is 11.7. The fraction of sp³-hybridized carbons (Fsp3) is 0.235. The van der Waals surface area contributed by atoms with Crippen molar-refractivity contribution in [2.24, 2.45) is 0 Å². The van der Waals surface area contributed by atoms with Crippen molar-refractivity contribution >= 4 is 23.0 Å². The van der Waals surface area contributed by atoms with E-state index in [1.54, 1.807) is 12.1 Å². The molecule has 1 aliphatic rings. The minimum Gasteiger partial charge on any atom is -0.465 e. The third-order valence-corrected chi connectivity index (χ3v) is 3.89. The van der Waals surface area contributed by atoms with Gasteiger partial charge in [0.25, 0.3) is 0 Å². The first-order valence-corrected chi connectivity index (χ1v) is 7.04. The number of nitrogen functional groups attached to an aromatic ring is 1. The van der Waals surface area contributed by atoms with E-state index >= 15 is 0 Å². The molecule has 108 valence electrons. The number of para-hydroxylation sites is 1. The number of esters is 1. The number of carbonyl (C=O) groups excluding carboxylic acids is 1. The lowest BCUT2D eigenvalue weighted by Crippen LogP contribution is -2.07. The first-order chi connectivity index (χ1) is 10.2. The molecule has 21 heavy (non-hydrogen) atoms. The second kappa shape index (κ2) is 5.48. The summed E-state index contributed by atoms with van der Waals surface area (Å²) in [6.45, 7) is 0. The van der Waals surface area contributed by atoms with E-state index in [-0.39, 0.29) is 0 Å². The molecule has 3 N–H and O–H groups in total. The molecule has 1 aliphatic carbocycles. The summed E-state index contributed by atoms with van der Waals surface area (Å²) in [6, 6.07) is 11.7. The first-order valence-electron chi connectivity index (χ1n) is 7.04. The van der Waals surface area contributed by atoms with Gasteiger partial charge in [0.2, 0.25) is 0 Å². The molecule has 0 aromatic heterocycles.